The molecule has 0 aliphatic carbocycles. The van der Waals surface area contributed by atoms with Crippen LogP contribution in [0.3, 0.4) is 0 Å². The Morgan fingerprint density at radius 2 is 2.11 bits per heavy atom. The molecule has 0 amide bonds. The minimum Gasteiger partial charge on any atom is -0.383 e. The standard InChI is InChI=1S/C13H16N4O/c1-3-5-9-11(14)16-12(17-13(9)18)10-7-4-6-8(2)15-10/h4,6-7H,3,5H2,1-2H3,(H3,14,16,17,18). The fourth-order valence-electron chi connectivity index (χ4n) is 1.80. The Hall–Kier alpha value is -2.17. The summed E-state index contributed by atoms with van der Waals surface area (Å²) in [6, 6.07) is 5.55. The highest BCUT2D eigenvalue weighted by Gasteiger charge is 2.10. The summed E-state index contributed by atoms with van der Waals surface area (Å²) in [6.07, 6.45) is 1.49. The van der Waals surface area contributed by atoms with Crippen molar-refractivity contribution < 1.29 is 0 Å². The summed E-state index contributed by atoms with van der Waals surface area (Å²) in [5.74, 6) is 0.708. The Morgan fingerprint density at radius 3 is 2.72 bits per heavy atom. The van der Waals surface area contributed by atoms with Crippen LogP contribution in [0, 0.1) is 6.92 Å². The van der Waals surface area contributed by atoms with Crippen LogP contribution < -0.4 is 11.3 Å². The molecule has 0 saturated heterocycles. The van der Waals surface area contributed by atoms with Crippen LogP contribution in [-0.2, 0) is 6.42 Å². The van der Waals surface area contributed by atoms with Gasteiger partial charge in [-0.05, 0) is 25.5 Å². The molecule has 2 rings (SSSR count). The van der Waals surface area contributed by atoms with Gasteiger partial charge in [-0.1, -0.05) is 19.4 Å². The molecule has 0 aliphatic heterocycles. The number of nitrogens with zero attached hydrogens (tertiary/aromatic N) is 2. The van der Waals surface area contributed by atoms with Crippen molar-refractivity contribution >= 4 is 5.82 Å². The molecule has 2 aromatic heterocycles. The molecule has 0 unspecified atom stereocenters. The fourth-order valence-corrected chi connectivity index (χ4v) is 1.80. The normalized spacial score (nSPS) is 10.6. The predicted molar refractivity (Wildman–Crippen MR) is 71.2 cm³/mol. The largest absolute Gasteiger partial charge is 0.383 e. The van der Waals surface area contributed by atoms with Crippen LogP contribution in [0.2, 0.25) is 0 Å². The quantitative estimate of drug-likeness (QED) is 0.860. The third kappa shape index (κ3) is 2.40. The predicted octanol–water partition coefficient (Wildman–Crippen LogP) is 1.68. The molecule has 94 valence electrons. The van der Waals surface area contributed by atoms with E-state index in [0.29, 0.717) is 29.3 Å². The number of H-pyrrole nitrogens is 1. The number of aromatic amines is 1. The van der Waals surface area contributed by atoms with Crippen LogP contribution in [0.15, 0.2) is 23.0 Å². The first-order valence-corrected chi connectivity index (χ1v) is 5.94. The Bertz CT molecular complexity index is 619. The zero-order valence-electron chi connectivity index (χ0n) is 10.5. The average Bonchev–Trinajstić information content (AvgIpc) is 2.33. The molecule has 0 fully saturated rings. The van der Waals surface area contributed by atoms with E-state index >= 15 is 0 Å². The maximum absolute atomic E-state index is 11.9. The van der Waals surface area contributed by atoms with Gasteiger partial charge in [0.2, 0.25) is 0 Å². The van der Waals surface area contributed by atoms with Gasteiger partial charge in [0.15, 0.2) is 5.82 Å². The van der Waals surface area contributed by atoms with Crippen molar-refractivity contribution in [1.29, 1.82) is 0 Å². The number of aryl methyl sites for hydroxylation is 1. The Kier molecular flexibility index (Phi) is 3.41. The highest BCUT2D eigenvalue weighted by molar-refractivity contribution is 5.53. The molecule has 0 bridgehead atoms. The summed E-state index contributed by atoms with van der Waals surface area (Å²) < 4.78 is 0. The van der Waals surface area contributed by atoms with Crippen molar-refractivity contribution in [2.45, 2.75) is 26.7 Å². The van der Waals surface area contributed by atoms with E-state index in [1.165, 1.54) is 0 Å². The summed E-state index contributed by atoms with van der Waals surface area (Å²) in [5.41, 5.74) is 7.69. The molecule has 5 nitrogen and oxygen atoms in total. The first kappa shape index (κ1) is 12.3. The van der Waals surface area contributed by atoms with E-state index in [1.54, 1.807) is 6.07 Å². The average molecular weight is 244 g/mol. The third-order valence-corrected chi connectivity index (χ3v) is 2.68. The lowest BCUT2D eigenvalue weighted by Crippen LogP contribution is -2.18. The number of nitrogens with two attached hydrogens (primary N) is 1. The summed E-state index contributed by atoms with van der Waals surface area (Å²) >= 11 is 0. The maximum atomic E-state index is 11.9. The summed E-state index contributed by atoms with van der Waals surface area (Å²) in [7, 11) is 0. The Balaban J connectivity index is 2.51. The second-order valence-corrected chi connectivity index (χ2v) is 4.19. The zero-order valence-corrected chi connectivity index (χ0v) is 10.5. The zero-order chi connectivity index (χ0) is 13.1. The number of hydrogen-bond donors (Lipinski definition) is 2. The van der Waals surface area contributed by atoms with Gasteiger partial charge in [-0.3, -0.25) is 4.79 Å². The number of nitrogens with one attached hydrogen (secondary N) is 1. The summed E-state index contributed by atoms with van der Waals surface area (Å²) in [5, 5.41) is 0. The topological polar surface area (TPSA) is 84.7 Å². The number of rotatable bonds is 3. The molecule has 5 heteroatoms. The number of hydrogen-bond acceptors (Lipinski definition) is 4. The molecule has 18 heavy (non-hydrogen) atoms. The van der Waals surface area contributed by atoms with Crippen LogP contribution in [0.5, 0.6) is 0 Å². The van der Waals surface area contributed by atoms with E-state index in [0.717, 1.165) is 12.1 Å². The van der Waals surface area contributed by atoms with E-state index in [-0.39, 0.29) is 5.56 Å². The van der Waals surface area contributed by atoms with Crippen LogP contribution in [0.1, 0.15) is 24.6 Å². The number of aromatic nitrogens is 3. The first-order chi connectivity index (χ1) is 8.61. The lowest BCUT2D eigenvalue weighted by atomic mass is 10.2. The molecule has 0 spiro atoms. The lowest BCUT2D eigenvalue weighted by molar-refractivity contribution is 0.890. The molecule has 0 radical (unpaired) electrons. The number of anilines is 1. The maximum Gasteiger partial charge on any atom is 0.256 e. The molecule has 2 heterocycles. The van der Waals surface area contributed by atoms with Gasteiger partial charge >= 0.3 is 0 Å². The van der Waals surface area contributed by atoms with Gasteiger partial charge in [-0.15, -0.1) is 0 Å². The second kappa shape index (κ2) is 5.00. The summed E-state index contributed by atoms with van der Waals surface area (Å²) in [4.78, 5) is 23.2. The molecule has 3 N–H and O–H groups in total. The van der Waals surface area contributed by atoms with Gasteiger partial charge in [0.25, 0.3) is 5.56 Å². The highest BCUT2D eigenvalue weighted by Crippen LogP contribution is 2.14. The first-order valence-electron chi connectivity index (χ1n) is 5.94. The van der Waals surface area contributed by atoms with Crippen LogP contribution in [0.25, 0.3) is 11.5 Å². The minimum absolute atomic E-state index is 0.178. The number of pyridine rings is 1. The summed E-state index contributed by atoms with van der Waals surface area (Å²) in [6.45, 7) is 3.88. The smallest absolute Gasteiger partial charge is 0.256 e. The van der Waals surface area contributed by atoms with Gasteiger partial charge in [0, 0.05) is 5.69 Å². The van der Waals surface area contributed by atoms with Gasteiger partial charge in [-0.25, -0.2) is 9.97 Å². The second-order valence-electron chi connectivity index (χ2n) is 4.19. The fraction of sp³-hybridized carbons (Fsp3) is 0.308. The van der Waals surface area contributed by atoms with Gasteiger partial charge in [-0.2, -0.15) is 0 Å². The minimum atomic E-state index is -0.178. The van der Waals surface area contributed by atoms with Crippen molar-refractivity contribution in [1.82, 2.24) is 15.0 Å². The van der Waals surface area contributed by atoms with Crippen LogP contribution in [0.4, 0.5) is 5.82 Å². The number of nitrogen functional groups attached to an aromatic ring is 1. The van der Waals surface area contributed by atoms with E-state index < -0.39 is 0 Å². The van der Waals surface area contributed by atoms with E-state index in [1.807, 2.05) is 26.0 Å². The van der Waals surface area contributed by atoms with Crippen molar-refractivity contribution in [3.63, 3.8) is 0 Å². The Morgan fingerprint density at radius 1 is 1.33 bits per heavy atom. The van der Waals surface area contributed by atoms with E-state index in [2.05, 4.69) is 15.0 Å². The van der Waals surface area contributed by atoms with Crippen LogP contribution in [-0.4, -0.2) is 15.0 Å². The van der Waals surface area contributed by atoms with Gasteiger partial charge in [0.05, 0.1) is 5.56 Å². The van der Waals surface area contributed by atoms with Crippen molar-refractivity contribution in [2.75, 3.05) is 5.73 Å². The molecule has 2 aromatic rings. The lowest BCUT2D eigenvalue weighted by Gasteiger charge is -2.06. The van der Waals surface area contributed by atoms with E-state index in [4.69, 9.17) is 5.73 Å². The van der Waals surface area contributed by atoms with Gasteiger partial charge < -0.3 is 10.7 Å². The van der Waals surface area contributed by atoms with Crippen LogP contribution >= 0.6 is 0 Å². The van der Waals surface area contributed by atoms with Crippen molar-refractivity contribution in [3.8, 4) is 11.5 Å². The molecular weight excluding hydrogens is 228 g/mol. The van der Waals surface area contributed by atoms with Gasteiger partial charge in [0.1, 0.15) is 11.5 Å². The molecule has 0 aromatic carbocycles. The molecule has 0 aliphatic rings. The highest BCUT2D eigenvalue weighted by atomic mass is 16.1. The SMILES string of the molecule is CCCc1c(N)nc(-c2cccc(C)n2)[nH]c1=O. The molecular formula is C13H16N4O. The van der Waals surface area contributed by atoms with Crippen molar-refractivity contribution in [3.05, 3.63) is 39.8 Å². The molecule has 0 atom stereocenters. The molecule has 0 saturated carbocycles. The monoisotopic (exact) mass is 244 g/mol. The van der Waals surface area contributed by atoms with E-state index in [9.17, 15) is 4.79 Å². The Labute approximate surface area is 105 Å². The third-order valence-electron chi connectivity index (χ3n) is 2.68. The van der Waals surface area contributed by atoms with Crippen molar-refractivity contribution in [2.24, 2.45) is 0 Å².